The molecule has 2 aliphatic heterocycles. The number of carbonyl (C=O) groups is 1. The number of hydrogen-bond donors (Lipinski definition) is 0. The van der Waals surface area contributed by atoms with Crippen LogP contribution in [0.25, 0.3) is 5.69 Å². The summed E-state index contributed by atoms with van der Waals surface area (Å²) in [7, 11) is 0. The van der Waals surface area contributed by atoms with Crippen molar-refractivity contribution in [2.24, 2.45) is 0 Å². The van der Waals surface area contributed by atoms with Gasteiger partial charge in [0.1, 0.15) is 25.5 Å². The lowest BCUT2D eigenvalue weighted by Gasteiger charge is -2.32. The molecular weight excluding hydrogens is 511 g/mol. The third-order valence-electron chi connectivity index (χ3n) is 6.83. The van der Waals surface area contributed by atoms with E-state index in [0.717, 1.165) is 11.9 Å². The molecule has 1 atom stereocenters. The summed E-state index contributed by atoms with van der Waals surface area (Å²) < 4.78 is 47.3. The second-order valence-corrected chi connectivity index (χ2v) is 9.54. The highest BCUT2D eigenvalue weighted by molar-refractivity contribution is 6.30. The molecule has 5 rings (SSSR count). The van der Waals surface area contributed by atoms with Crippen LogP contribution in [0.4, 0.5) is 23.8 Å². The molecule has 1 fully saturated rings. The minimum atomic E-state index is -1.47. The number of ether oxygens (including phenoxy) is 1. The van der Waals surface area contributed by atoms with Crippen molar-refractivity contribution in [3.8, 4) is 5.69 Å². The number of fused-ring (bicyclic) bond motifs is 3. The molecule has 1 aromatic carbocycles. The maximum Gasteiger partial charge on any atom is 0.411 e. The summed E-state index contributed by atoms with van der Waals surface area (Å²) in [6, 6.07) is 4.72. The topological polar surface area (TPSA) is 89.3 Å². The molecule has 0 saturated carbocycles. The van der Waals surface area contributed by atoms with E-state index >= 15 is 0 Å². The third-order valence-corrected chi connectivity index (χ3v) is 7.07. The maximum absolute atomic E-state index is 14.2. The van der Waals surface area contributed by atoms with Crippen LogP contribution in [0.1, 0.15) is 48.9 Å². The van der Waals surface area contributed by atoms with E-state index in [1.807, 2.05) is 15.5 Å². The van der Waals surface area contributed by atoms with Crippen molar-refractivity contribution in [2.75, 3.05) is 31.3 Å². The van der Waals surface area contributed by atoms with E-state index in [1.54, 1.807) is 19.1 Å². The molecule has 1 unspecified atom stereocenters. The predicted molar refractivity (Wildman–Crippen MR) is 129 cm³/mol. The van der Waals surface area contributed by atoms with Crippen LogP contribution in [0.3, 0.4) is 0 Å². The summed E-state index contributed by atoms with van der Waals surface area (Å²) in [4.78, 5) is 24.0. The summed E-state index contributed by atoms with van der Waals surface area (Å²) in [6.07, 6.45) is 1.51. The Kier molecular flexibility index (Phi) is 7.18. The zero-order valence-corrected chi connectivity index (χ0v) is 20.8. The van der Waals surface area contributed by atoms with Gasteiger partial charge in [-0.15, -0.1) is 10.2 Å². The number of anilines is 1. The van der Waals surface area contributed by atoms with Crippen LogP contribution in [0.15, 0.2) is 30.7 Å². The standard InChI is InChI=1S/C24H25ClF3N7O2/c1-14-21-31-32-22(15-4-6-33(7-5-15)23-19(28)11-29-13-30-23)35(21)20-3-2-17(25)8-16(20)12-34(14)24(36)37-18(9-26)10-27/h2-3,8,11,13-15,18H,4-7,9-10,12H2,1H3. The number of amides is 1. The number of rotatable bonds is 5. The van der Waals surface area contributed by atoms with E-state index in [0.29, 0.717) is 48.2 Å². The highest BCUT2D eigenvalue weighted by Crippen LogP contribution is 2.37. The number of halogens is 4. The molecule has 13 heteroatoms. The fraction of sp³-hybridized carbons (Fsp3) is 0.458. The Hall–Kier alpha value is -3.41. The van der Waals surface area contributed by atoms with Gasteiger partial charge >= 0.3 is 6.09 Å². The molecule has 1 amide bonds. The first kappa shape index (κ1) is 25.2. The molecule has 2 aromatic heterocycles. The molecule has 0 spiro atoms. The van der Waals surface area contributed by atoms with E-state index < -0.39 is 37.4 Å². The Morgan fingerprint density at radius 1 is 1.19 bits per heavy atom. The smallest absolute Gasteiger partial charge is 0.411 e. The summed E-state index contributed by atoms with van der Waals surface area (Å²) in [5, 5.41) is 9.40. The summed E-state index contributed by atoms with van der Waals surface area (Å²) >= 11 is 6.28. The number of alkyl halides is 2. The fourth-order valence-corrected chi connectivity index (χ4v) is 5.07. The molecule has 4 heterocycles. The Morgan fingerprint density at radius 2 is 1.92 bits per heavy atom. The van der Waals surface area contributed by atoms with Crippen LogP contribution in [-0.2, 0) is 11.3 Å². The van der Waals surface area contributed by atoms with Gasteiger partial charge in [-0.05, 0) is 43.5 Å². The molecule has 196 valence electrons. The fourth-order valence-electron chi connectivity index (χ4n) is 4.87. The first-order chi connectivity index (χ1) is 17.9. The molecule has 9 nitrogen and oxygen atoms in total. The second-order valence-electron chi connectivity index (χ2n) is 9.10. The van der Waals surface area contributed by atoms with Crippen LogP contribution in [0.2, 0.25) is 5.02 Å². The highest BCUT2D eigenvalue weighted by atomic mass is 35.5. The van der Waals surface area contributed by atoms with E-state index in [-0.39, 0.29) is 18.3 Å². The third kappa shape index (κ3) is 4.81. The first-order valence-corrected chi connectivity index (χ1v) is 12.3. The Balaban J connectivity index is 1.46. The van der Waals surface area contributed by atoms with E-state index in [4.69, 9.17) is 16.3 Å². The molecule has 0 N–H and O–H groups in total. The average Bonchev–Trinajstić information content (AvgIpc) is 3.30. The van der Waals surface area contributed by atoms with E-state index in [1.165, 1.54) is 11.2 Å². The van der Waals surface area contributed by atoms with E-state index in [2.05, 4.69) is 20.2 Å². The monoisotopic (exact) mass is 535 g/mol. The highest BCUT2D eigenvalue weighted by Gasteiger charge is 2.36. The molecule has 0 bridgehead atoms. The van der Waals surface area contributed by atoms with Crippen molar-refractivity contribution in [1.82, 2.24) is 29.6 Å². The van der Waals surface area contributed by atoms with Crippen LogP contribution in [-0.4, -0.2) is 68.3 Å². The zero-order valence-electron chi connectivity index (χ0n) is 20.0. The van der Waals surface area contributed by atoms with Gasteiger partial charge in [0, 0.05) is 24.0 Å². The Bertz CT molecular complexity index is 1280. The molecular formula is C24H25ClF3N7O2. The zero-order chi connectivity index (χ0) is 26.1. The lowest BCUT2D eigenvalue weighted by molar-refractivity contribution is 0.0286. The van der Waals surface area contributed by atoms with Crippen molar-refractivity contribution >= 4 is 23.5 Å². The molecule has 37 heavy (non-hydrogen) atoms. The van der Waals surface area contributed by atoms with Crippen LogP contribution in [0.5, 0.6) is 0 Å². The first-order valence-electron chi connectivity index (χ1n) is 11.9. The lowest BCUT2D eigenvalue weighted by atomic mass is 9.95. The van der Waals surface area contributed by atoms with Gasteiger partial charge in [0.05, 0.1) is 24.5 Å². The number of benzene rings is 1. The molecule has 3 aromatic rings. The van der Waals surface area contributed by atoms with Gasteiger partial charge in [-0.1, -0.05) is 11.6 Å². The van der Waals surface area contributed by atoms with Gasteiger partial charge in [0.15, 0.2) is 23.6 Å². The summed E-state index contributed by atoms with van der Waals surface area (Å²) in [5.41, 5.74) is 1.48. The van der Waals surface area contributed by atoms with Gasteiger partial charge in [0.25, 0.3) is 0 Å². The van der Waals surface area contributed by atoms with Gasteiger partial charge < -0.3 is 9.64 Å². The number of hydrogen-bond acceptors (Lipinski definition) is 7. The van der Waals surface area contributed by atoms with Crippen molar-refractivity contribution < 1.29 is 22.7 Å². The number of aromatic nitrogens is 5. The molecule has 2 aliphatic rings. The largest absolute Gasteiger partial charge is 0.440 e. The number of nitrogens with zero attached hydrogens (tertiary/aromatic N) is 7. The van der Waals surface area contributed by atoms with Crippen molar-refractivity contribution in [3.05, 3.63) is 58.8 Å². The molecule has 1 saturated heterocycles. The normalized spacial score (nSPS) is 17.9. The number of carbonyl (C=O) groups excluding carboxylic acids is 1. The minimum absolute atomic E-state index is 0.0130. The minimum Gasteiger partial charge on any atom is -0.440 e. The summed E-state index contributed by atoms with van der Waals surface area (Å²) in [5.74, 6) is 1.03. The van der Waals surface area contributed by atoms with Crippen molar-refractivity contribution in [3.63, 3.8) is 0 Å². The van der Waals surface area contributed by atoms with E-state index in [9.17, 15) is 18.0 Å². The lowest BCUT2D eigenvalue weighted by Crippen LogP contribution is -2.37. The maximum atomic E-state index is 14.2. The van der Waals surface area contributed by atoms with Crippen LogP contribution < -0.4 is 4.90 Å². The van der Waals surface area contributed by atoms with Crippen molar-refractivity contribution in [2.45, 2.75) is 44.4 Å². The van der Waals surface area contributed by atoms with Crippen LogP contribution >= 0.6 is 11.6 Å². The quantitative estimate of drug-likeness (QED) is 0.473. The Labute approximate surface area is 216 Å². The average molecular weight is 536 g/mol. The SMILES string of the molecule is CC1c2nnc(C3CCN(c4ncncc4F)CC3)n2-c2ccc(Cl)cc2CN1C(=O)OC(CF)CF. The predicted octanol–water partition coefficient (Wildman–Crippen LogP) is 4.55. The van der Waals surface area contributed by atoms with Crippen molar-refractivity contribution in [1.29, 1.82) is 0 Å². The molecule has 0 aliphatic carbocycles. The van der Waals surface area contributed by atoms with Gasteiger partial charge in [0.2, 0.25) is 0 Å². The summed E-state index contributed by atoms with van der Waals surface area (Å²) in [6.45, 7) is 0.761. The van der Waals surface area contributed by atoms with Gasteiger partial charge in [-0.25, -0.2) is 27.9 Å². The van der Waals surface area contributed by atoms with Gasteiger partial charge in [-0.3, -0.25) is 9.47 Å². The number of piperidine rings is 1. The second kappa shape index (κ2) is 10.5. The van der Waals surface area contributed by atoms with Gasteiger partial charge in [-0.2, -0.15) is 0 Å². The molecule has 0 radical (unpaired) electrons. The van der Waals surface area contributed by atoms with Crippen LogP contribution in [0, 0.1) is 5.82 Å². The Morgan fingerprint density at radius 3 is 2.62 bits per heavy atom.